The van der Waals surface area contributed by atoms with E-state index in [4.69, 9.17) is 5.41 Å². The first-order chi connectivity index (χ1) is 11.8. The van der Waals surface area contributed by atoms with Gasteiger partial charge in [-0.25, -0.2) is 0 Å². The number of anilines is 1. The van der Waals surface area contributed by atoms with Gasteiger partial charge >= 0.3 is 0 Å². The molecule has 2 nitrogen and oxygen atoms in total. The van der Waals surface area contributed by atoms with Crippen molar-refractivity contribution in [1.29, 1.82) is 5.41 Å². The molecule has 3 rings (SSSR count). The van der Waals surface area contributed by atoms with Crippen LogP contribution in [0.4, 0.5) is 5.69 Å². The molecule has 0 bridgehead atoms. The highest BCUT2D eigenvalue weighted by molar-refractivity contribution is 6.08. The van der Waals surface area contributed by atoms with E-state index >= 15 is 0 Å². The Labute approximate surface area is 143 Å². The summed E-state index contributed by atoms with van der Waals surface area (Å²) in [4.78, 5) is 2.01. The molecule has 0 spiro atoms. The molecule has 1 N–H and O–H groups in total. The Bertz CT molecular complexity index is 793. The molecule has 3 aromatic carbocycles. The second kappa shape index (κ2) is 7.93. The lowest BCUT2D eigenvalue weighted by atomic mass is 10.1. The lowest BCUT2D eigenvalue weighted by Gasteiger charge is -2.24. The van der Waals surface area contributed by atoms with Crippen molar-refractivity contribution in [2.45, 2.75) is 0 Å². The molecule has 2 heteroatoms. The van der Waals surface area contributed by atoms with Crippen LogP contribution in [0.25, 0.3) is 6.08 Å². The Kier molecular flexibility index (Phi) is 5.21. The molecule has 0 radical (unpaired) electrons. The molecule has 0 saturated carbocycles. The van der Waals surface area contributed by atoms with Crippen molar-refractivity contribution < 1.29 is 0 Å². The zero-order valence-corrected chi connectivity index (χ0v) is 13.5. The number of nitrogens with zero attached hydrogens (tertiary/aromatic N) is 1. The molecule has 24 heavy (non-hydrogen) atoms. The van der Waals surface area contributed by atoms with E-state index in [1.165, 1.54) is 0 Å². The van der Waals surface area contributed by atoms with Gasteiger partial charge in [-0.3, -0.25) is 5.41 Å². The summed E-state index contributed by atoms with van der Waals surface area (Å²) in [5.74, 6) is 0.500. The summed E-state index contributed by atoms with van der Waals surface area (Å²) >= 11 is 0. The minimum Gasteiger partial charge on any atom is -0.323 e. The molecule has 0 fully saturated rings. The zero-order valence-electron chi connectivity index (χ0n) is 13.5. The molecule has 0 unspecified atom stereocenters. The maximum absolute atomic E-state index is 8.60. The minimum absolute atomic E-state index is 0.500. The summed E-state index contributed by atoms with van der Waals surface area (Å²) < 4.78 is 0. The monoisotopic (exact) mass is 312 g/mol. The maximum Gasteiger partial charge on any atom is 0.132 e. The Morgan fingerprint density at radius 3 is 1.92 bits per heavy atom. The fourth-order valence-corrected chi connectivity index (χ4v) is 2.54. The van der Waals surface area contributed by atoms with Gasteiger partial charge in [0.25, 0.3) is 0 Å². The zero-order chi connectivity index (χ0) is 16.6. The van der Waals surface area contributed by atoms with Crippen LogP contribution in [0.15, 0.2) is 97.1 Å². The normalized spacial score (nSPS) is 10.7. The standard InChI is InChI=1S/C22H20N2/c23-22(20-14-6-2-7-15-20)24(21-16-8-3-9-17-21)18-10-13-19-11-4-1-5-12-19/h1-17,23H,18H2/b13-10+,23-22?. The molecule has 0 saturated heterocycles. The third-order valence-electron chi connectivity index (χ3n) is 3.78. The minimum atomic E-state index is 0.500. The van der Waals surface area contributed by atoms with E-state index in [9.17, 15) is 0 Å². The van der Waals surface area contributed by atoms with Crippen molar-refractivity contribution >= 4 is 17.6 Å². The third kappa shape index (κ3) is 3.99. The van der Waals surface area contributed by atoms with Gasteiger partial charge in [0, 0.05) is 17.8 Å². The van der Waals surface area contributed by atoms with Gasteiger partial charge in [-0.2, -0.15) is 0 Å². The van der Waals surface area contributed by atoms with Gasteiger partial charge in [-0.15, -0.1) is 0 Å². The van der Waals surface area contributed by atoms with Crippen LogP contribution < -0.4 is 4.90 Å². The van der Waals surface area contributed by atoms with Gasteiger partial charge in [0.15, 0.2) is 0 Å². The summed E-state index contributed by atoms with van der Waals surface area (Å²) in [5.41, 5.74) is 3.09. The van der Waals surface area contributed by atoms with Crippen LogP contribution in [0.2, 0.25) is 0 Å². The third-order valence-corrected chi connectivity index (χ3v) is 3.78. The number of rotatable bonds is 5. The van der Waals surface area contributed by atoms with Crippen molar-refractivity contribution in [2.24, 2.45) is 0 Å². The molecule has 0 atom stereocenters. The van der Waals surface area contributed by atoms with Crippen molar-refractivity contribution in [1.82, 2.24) is 0 Å². The molecule has 3 aromatic rings. The number of hydrogen-bond donors (Lipinski definition) is 1. The quantitative estimate of drug-likeness (QED) is 0.507. The van der Waals surface area contributed by atoms with Crippen LogP contribution in [0.3, 0.4) is 0 Å². The van der Waals surface area contributed by atoms with Crippen LogP contribution in [0.5, 0.6) is 0 Å². The van der Waals surface area contributed by atoms with Gasteiger partial charge in [-0.05, 0) is 17.7 Å². The Morgan fingerprint density at radius 1 is 0.750 bits per heavy atom. The summed E-state index contributed by atoms with van der Waals surface area (Å²) in [6, 6.07) is 30.1. The number of hydrogen-bond acceptors (Lipinski definition) is 1. The van der Waals surface area contributed by atoms with E-state index in [0.29, 0.717) is 12.4 Å². The van der Waals surface area contributed by atoms with E-state index in [1.54, 1.807) is 0 Å². The van der Waals surface area contributed by atoms with Crippen LogP contribution in [-0.2, 0) is 0 Å². The predicted octanol–water partition coefficient (Wildman–Crippen LogP) is 5.23. The number of nitrogens with one attached hydrogen (secondary N) is 1. The Balaban J connectivity index is 1.83. The van der Waals surface area contributed by atoms with E-state index in [0.717, 1.165) is 16.8 Å². The fourth-order valence-electron chi connectivity index (χ4n) is 2.54. The lowest BCUT2D eigenvalue weighted by Crippen LogP contribution is -2.31. The van der Waals surface area contributed by atoms with E-state index in [2.05, 4.69) is 24.3 Å². The summed E-state index contributed by atoms with van der Waals surface area (Å²) in [7, 11) is 0. The van der Waals surface area contributed by atoms with Gasteiger partial charge in [0.1, 0.15) is 5.84 Å². The Hall–Kier alpha value is -3.13. The fraction of sp³-hybridized carbons (Fsp3) is 0.0455. The first-order valence-corrected chi connectivity index (χ1v) is 8.03. The molecule has 0 aliphatic rings. The first-order valence-electron chi connectivity index (χ1n) is 8.03. The number of benzene rings is 3. The van der Waals surface area contributed by atoms with Gasteiger partial charge in [0.2, 0.25) is 0 Å². The maximum atomic E-state index is 8.60. The van der Waals surface area contributed by atoms with Gasteiger partial charge in [0.05, 0.1) is 0 Å². The van der Waals surface area contributed by atoms with Crippen molar-refractivity contribution in [3.8, 4) is 0 Å². The van der Waals surface area contributed by atoms with Gasteiger partial charge in [-0.1, -0.05) is 91.0 Å². The Morgan fingerprint density at radius 2 is 1.29 bits per heavy atom. The molecule has 0 amide bonds. The van der Waals surface area contributed by atoms with Crippen LogP contribution in [-0.4, -0.2) is 12.4 Å². The van der Waals surface area contributed by atoms with E-state index in [-0.39, 0.29) is 0 Å². The summed E-state index contributed by atoms with van der Waals surface area (Å²) in [6.45, 7) is 0.645. The summed E-state index contributed by atoms with van der Waals surface area (Å²) in [6.07, 6.45) is 4.19. The second-order valence-electron chi connectivity index (χ2n) is 5.47. The van der Waals surface area contributed by atoms with Crippen LogP contribution in [0, 0.1) is 5.41 Å². The highest BCUT2D eigenvalue weighted by Crippen LogP contribution is 2.17. The topological polar surface area (TPSA) is 27.1 Å². The lowest BCUT2D eigenvalue weighted by molar-refractivity contribution is 1.12. The SMILES string of the molecule is N=C(c1ccccc1)N(C/C=C/c1ccccc1)c1ccccc1. The highest BCUT2D eigenvalue weighted by Gasteiger charge is 2.12. The number of amidine groups is 1. The van der Waals surface area contributed by atoms with Crippen molar-refractivity contribution in [3.63, 3.8) is 0 Å². The molecular weight excluding hydrogens is 292 g/mol. The molecule has 0 aromatic heterocycles. The van der Waals surface area contributed by atoms with Crippen molar-refractivity contribution in [3.05, 3.63) is 108 Å². The average Bonchev–Trinajstić information content (AvgIpc) is 2.67. The van der Waals surface area contributed by atoms with Crippen LogP contribution in [0.1, 0.15) is 11.1 Å². The number of para-hydroxylation sites is 1. The summed E-state index contributed by atoms with van der Waals surface area (Å²) in [5, 5.41) is 8.60. The smallest absolute Gasteiger partial charge is 0.132 e. The molecule has 0 aliphatic heterocycles. The molecule has 0 heterocycles. The first kappa shape index (κ1) is 15.8. The van der Waals surface area contributed by atoms with E-state index in [1.807, 2.05) is 83.8 Å². The predicted molar refractivity (Wildman–Crippen MR) is 103 cm³/mol. The molecule has 0 aliphatic carbocycles. The van der Waals surface area contributed by atoms with E-state index < -0.39 is 0 Å². The second-order valence-corrected chi connectivity index (χ2v) is 5.47. The average molecular weight is 312 g/mol. The van der Waals surface area contributed by atoms with Gasteiger partial charge < -0.3 is 4.90 Å². The largest absolute Gasteiger partial charge is 0.323 e. The van der Waals surface area contributed by atoms with Crippen molar-refractivity contribution in [2.75, 3.05) is 11.4 Å². The van der Waals surface area contributed by atoms with Crippen LogP contribution >= 0.6 is 0 Å². The molecule has 118 valence electrons. The molecular formula is C22H20N2. The highest BCUT2D eigenvalue weighted by atomic mass is 15.2.